The van der Waals surface area contributed by atoms with E-state index in [1.807, 2.05) is 0 Å². The number of thiophene rings is 1. The SMILES string of the molecule is Cc1csc(C)c1S(=O)(=O)NCc1cc(C(=O)O)c(C)o1. The molecule has 0 spiro atoms. The third kappa shape index (κ3) is 3.17. The van der Waals surface area contributed by atoms with Crippen LogP contribution in [0.1, 0.15) is 32.3 Å². The molecule has 8 heteroatoms. The van der Waals surface area contributed by atoms with Gasteiger partial charge in [0.15, 0.2) is 0 Å². The van der Waals surface area contributed by atoms with Crippen LogP contribution >= 0.6 is 11.3 Å². The average molecular weight is 329 g/mol. The molecule has 0 fully saturated rings. The number of rotatable bonds is 5. The van der Waals surface area contributed by atoms with Crippen LogP contribution in [0.5, 0.6) is 0 Å². The zero-order chi connectivity index (χ0) is 15.8. The molecule has 6 nitrogen and oxygen atoms in total. The fourth-order valence-electron chi connectivity index (χ4n) is 2.04. The van der Waals surface area contributed by atoms with Crippen molar-refractivity contribution in [2.24, 2.45) is 0 Å². The minimum absolute atomic E-state index is 0.0343. The summed E-state index contributed by atoms with van der Waals surface area (Å²) in [5.41, 5.74) is 0.721. The van der Waals surface area contributed by atoms with E-state index in [9.17, 15) is 13.2 Å². The highest BCUT2D eigenvalue weighted by Crippen LogP contribution is 2.26. The molecule has 0 saturated carbocycles. The first-order chi connectivity index (χ1) is 9.72. The van der Waals surface area contributed by atoms with Crippen LogP contribution in [0.15, 0.2) is 20.8 Å². The first-order valence-corrected chi connectivity index (χ1v) is 8.45. The highest BCUT2D eigenvalue weighted by molar-refractivity contribution is 7.89. The van der Waals surface area contributed by atoms with E-state index in [2.05, 4.69) is 4.72 Å². The lowest BCUT2D eigenvalue weighted by atomic mass is 10.2. The molecular formula is C13H15NO5S2. The zero-order valence-electron chi connectivity index (χ0n) is 11.8. The van der Waals surface area contributed by atoms with Gasteiger partial charge in [0.1, 0.15) is 17.1 Å². The molecule has 0 aromatic carbocycles. The Kier molecular flexibility index (Phi) is 4.22. The first-order valence-electron chi connectivity index (χ1n) is 6.09. The summed E-state index contributed by atoms with van der Waals surface area (Å²) in [6, 6.07) is 1.33. The number of sulfonamides is 1. The van der Waals surface area contributed by atoms with Gasteiger partial charge in [0.2, 0.25) is 10.0 Å². The van der Waals surface area contributed by atoms with E-state index in [-0.39, 0.29) is 28.5 Å². The minimum Gasteiger partial charge on any atom is -0.478 e. The molecule has 2 aromatic rings. The van der Waals surface area contributed by atoms with Crippen molar-refractivity contribution < 1.29 is 22.7 Å². The Morgan fingerprint density at radius 2 is 2.05 bits per heavy atom. The molecule has 114 valence electrons. The van der Waals surface area contributed by atoms with Gasteiger partial charge in [0, 0.05) is 4.88 Å². The predicted molar refractivity (Wildman–Crippen MR) is 78.2 cm³/mol. The summed E-state index contributed by atoms with van der Waals surface area (Å²) in [6.07, 6.45) is 0. The molecule has 0 unspecified atom stereocenters. The summed E-state index contributed by atoms with van der Waals surface area (Å²) in [6.45, 7) is 4.91. The smallest absolute Gasteiger partial charge is 0.339 e. The number of aromatic carboxylic acids is 1. The Balaban J connectivity index is 2.20. The number of nitrogens with one attached hydrogen (secondary N) is 1. The molecule has 0 aliphatic carbocycles. The van der Waals surface area contributed by atoms with Crippen molar-refractivity contribution in [1.29, 1.82) is 0 Å². The Morgan fingerprint density at radius 3 is 2.52 bits per heavy atom. The lowest BCUT2D eigenvalue weighted by Crippen LogP contribution is -2.23. The fourth-order valence-corrected chi connectivity index (χ4v) is 4.67. The van der Waals surface area contributed by atoms with Crippen LogP contribution in [-0.2, 0) is 16.6 Å². The second-order valence-corrected chi connectivity index (χ2v) is 7.40. The van der Waals surface area contributed by atoms with E-state index in [0.29, 0.717) is 10.4 Å². The van der Waals surface area contributed by atoms with Gasteiger partial charge < -0.3 is 9.52 Å². The van der Waals surface area contributed by atoms with Crippen LogP contribution < -0.4 is 4.72 Å². The van der Waals surface area contributed by atoms with Crippen LogP contribution in [0.25, 0.3) is 0 Å². The maximum Gasteiger partial charge on any atom is 0.339 e. The standard InChI is InChI=1S/C13H15NO5S2/c1-7-6-20-9(3)12(7)21(17,18)14-5-10-4-11(13(15)16)8(2)19-10/h4,6,14H,5H2,1-3H3,(H,15,16). The molecule has 2 aromatic heterocycles. The average Bonchev–Trinajstić information content (AvgIpc) is 2.91. The Bertz CT molecular complexity index is 766. The second-order valence-electron chi connectivity index (χ2n) is 4.62. The number of carboxylic acid groups (broad SMARTS) is 1. The summed E-state index contributed by atoms with van der Waals surface area (Å²) in [4.78, 5) is 11.9. The number of carboxylic acids is 1. The van der Waals surface area contributed by atoms with Gasteiger partial charge in [-0.15, -0.1) is 11.3 Å². The predicted octanol–water partition coefficient (Wildman–Crippen LogP) is 2.44. The third-order valence-corrected chi connectivity index (χ3v) is 5.84. The summed E-state index contributed by atoms with van der Waals surface area (Å²) >= 11 is 1.37. The van der Waals surface area contributed by atoms with Gasteiger partial charge in [0.25, 0.3) is 0 Å². The maximum absolute atomic E-state index is 12.3. The summed E-state index contributed by atoms with van der Waals surface area (Å²) in [5.74, 6) is -0.589. The van der Waals surface area contributed by atoms with Crippen molar-refractivity contribution in [2.45, 2.75) is 32.2 Å². The van der Waals surface area contributed by atoms with Crippen LogP contribution in [0.2, 0.25) is 0 Å². The molecule has 2 rings (SSSR count). The van der Waals surface area contributed by atoms with Crippen molar-refractivity contribution >= 4 is 27.3 Å². The molecule has 0 radical (unpaired) electrons. The van der Waals surface area contributed by atoms with E-state index in [1.54, 1.807) is 19.2 Å². The first kappa shape index (κ1) is 15.7. The lowest BCUT2D eigenvalue weighted by Gasteiger charge is -2.06. The van der Waals surface area contributed by atoms with Crippen molar-refractivity contribution in [3.63, 3.8) is 0 Å². The molecule has 0 amide bonds. The number of hydrogen-bond donors (Lipinski definition) is 2. The van der Waals surface area contributed by atoms with Gasteiger partial charge in [-0.25, -0.2) is 17.9 Å². The quantitative estimate of drug-likeness (QED) is 0.878. The molecule has 0 aliphatic rings. The number of aryl methyl sites for hydroxylation is 3. The van der Waals surface area contributed by atoms with Gasteiger partial charge in [0.05, 0.1) is 11.4 Å². The number of carbonyl (C=O) groups is 1. The molecule has 2 N–H and O–H groups in total. The van der Waals surface area contributed by atoms with Crippen molar-refractivity contribution in [1.82, 2.24) is 4.72 Å². The Morgan fingerprint density at radius 1 is 1.38 bits per heavy atom. The molecule has 21 heavy (non-hydrogen) atoms. The highest BCUT2D eigenvalue weighted by Gasteiger charge is 2.22. The fraction of sp³-hybridized carbons (Fsp3) is 0.308. The van der Waals surface area contributed by atoms with E-state index < -0.39 is 16.0 Å². The summed E-state index contributed by atoms with van der Waals surface area (Å²) < 4.78 is 32.2. The van der Waals surface area contributed by atoms with Gasteiger partial charge in [-0.2, -0.15) is 0 Å². The maximum atomic E-state index is 12.3. The topological polar surface area (TPSA) is 96.6 Å². The van der Waals surface area contributed by atoms with Gasteiger partial charge >= 0.3 is 5.97 Å². The van der Waals surface area contributed by atoms with Crippen LogP contribution in [-0.4, -0.2) is 19.5 Å². The van der Waals surface area contributed by atoms with Gasteiger partial charge in [-0.05, 0) is 37.8 Å². The lowest BCUT2D eigenvalue weighted by molar-refractivity contribution is 0.0695. The van der Waals surface area contributed by atoms with Crippen LogP contribution in [0.3, 0.4) is 0 Å². The van der Waals surface area contributed by atoms with Crippen molar-refractivity contribution in [2.75, 3.05) is 0 Å². The van der Waals surface area contributed by atoms with Crippen molar-refractivity contribution in [3.05, 3.63) is 39.0 Å². The van der Waals surface area contributed by atoms with E-state index in [4.69, 9.17) is 9.52 Å². The molecule has 0 atom stereocenters. The van der Waals surface area contributed by atoms with Gasteiger partial charge in [-0.1, -0.05) is 0 Å². The molecule has 0 bridgehead atoms. The second kappa shape index (κ2) is 5.63. The summed E-state index contributed by atoms with van der Waals surface area (Å²) in [5, 5.41) is 10.7. The van der Waals surface area contributed by atoms with E-state index in [0.717, 1.165) is 0 Å². The zero-order valence-corrected chi connectivity index (χ0v) is 13.4. The highest BCUT2D eigenvalue weighted by atomic mass is 32.2. The molecule has 2 heterocycles. The Hall–Kier alpha value is -1.64. The van der Waals surface area contributed by atoms with E-state index in [1.165, 1.54) is 24.3 Å². The summed E-state index contributed by atoms with van der Waals surface area (Å²) in [7, 11) is -3.65. The van der Waals surface area contributed by atoms with Gasteiger partial charge in [-0.3, -0.25) is 0 Å². The number of furan rings is 1. The molecule has 0 saturated heterocycles. The molecule has 0 aliphatic heterocycles. The monoisotopic (exact) mass is 329 g/mol. The largest absolute Gasteiger partial charge is 0.478 e. The van der Waals surface area contributed by atoms with Crippen LogP contribution in [0, 0.1) is 20.8 Å². The van der Waals surface area contributed by atoms with Crippen LogP contribution in [0.4, 0.5) is 0 Å². The van der Waals surface area contributed by atoms with E-state index >= 15 is 0 Å². The molecular weight excluding hydrogens is 314 g/mol. The minimum atomic E-state index is -3.65. The normalized spacial score (nSPS) is 11.8. The number of hydrogen-bond acceptors (Lipinski definition) is 5. The third-order valence-electron chi connectivity index (χ3n) is 2.99. The van der Waals surface area contributed by atoms with Crippen molar-refractivity contribution in [3.8, 4) is 0 Å². The Labute approximate surface area is 126 Å².